The van der Waals surface area contributed by atoms with E-state index >= 15 is 0 Å². The predicted molar refractivity (Wildman–Crippen MR) is 44.9 cm³/mol. The highest BCUT2D eigenvalue weighted by atomic mass is 32.2. The van der Waals surface area contributed by atoms with E-state index in [0.29, 0.717) is 0 Å². The molecule has 0 heterocycles. The van der Waals surface area contributed by atoms with E-state index in [1.165, 1.54) is 20.8 Å². The molecule has 0 aliphatic heterocycles. The summed E-state index contributed by atoms with van der Waals surface area (Å²) in [6, 6.07) is 0. The number of hydrogen-bond acceptors (Lipinski definition) is 3. The Morgan fingerprint density at radius 2 is 2.00 bits per heavy atom. The molecule has 13 heavy (non-hydrogen) atoms. The number of ether oxygens (including phenoxy) is 1. The number of esters is 1. The first-order valence-electron chi connectivity index (χ1n) is 3.79. The van der Waals surface area contributed by atoms with Crippen LogP contribution < -0.4 is 0 Å². The number of rotatable bonds is 4. The standard InChI is InChI=1S/C7H12F2O3S/c1-4-12-6(10)7(8,9)13(11)5(2)3/h5H,4H2,1-3H3/t13-/m0/s1. The number of alkyl halides is 2. The van der Waals surface area contributed by atoms with Crippen molar-refractivity contribution in [3.05, 3.63) is 0 Å². The van der Waals surface area contributed by atoms with Crippen LogP contribution in [0.5, 0.6) is 0 Å². The van der Waals surface area contributed by atoms with Crippen LogP contribution in [0.2, 0.25) is 0 Å². The topological polar surface area (TPSA) is 43.4 Å². The van der Waals surface area contributed by atoms with E-state index < -0.39 is 27.3 Å². The smallest absolute Gasteiger partial charge is 0.416 e. The normalized spacial score (nSPS) is 14.3. The van der Waals surface area contributed by atoms with Gasteiger partial charge in [0.1, 0.15) is 10.8 Å². The van der Waals surface area contributed by atoms with Gasteiger partial charge in [-0.05, 0) is 6.92 Å². The Morgan fingerprint density at radius 3 is 2.31 bits per heavy atom. The molecule has 0 aliphatic rings. The van der Waals surface area contributed by atoms with Gasteiger partial charge in [-0.1, -0.05) is 13.8 Å². The molecule has 0 aromatic rings. The van der Waals surface area contributed by atoms with Gasteiger partial charge in [0.05, 0.1) is 6.61 Å². The van der Waals surface area contributed by atoms with Crippen molar-refractivity contribution in [3.63, 3.8) is 0 Å². The van der Waals surface area contributed by atoms with Crippen LogP contribution in [0.1, 0.15) is 20.8 Å². The van der Waals surface area contributed by atoms with Gasteiger partial charge in [-0.3, -0.25) is 4.21 Å². The molecule has 0 rings (SSSR count). The lowest BCUT2D eigenvalue weighted by atomic mass is 10.6. The van der Waals surface area contributed by atoms with Crippen LogP contribution in [0, 0.1) is 0 Å². The molecule has 6 heteroatoms. The molecule has 3 nitrogen and oxygen atoms in total. The number of carbonyl (C=O) groups excluding carboxylic acids is 1. The van der Waals surface area contributed by atoms with Crippen molar-refractivity contribution in [3.8, 4) is 0 Å². The summed E-state index contributed by atoms with van der Waals surface area (Å²) in [5, 5.41) is -4.68. The highest BCUT2D eigenvalue weighted by Gasteiger charge is 2.48. The Balaban J connectivity index is 4.55. The lowest BCUT2D eigenvalue weighted by Gasteiger charge is -2.15. The van der Waals surface area contributed by atoms with Crippen LogP contribution >= 0.6 is 0 Å². The van der Waals surface area contributed by atoms with Crippen LogP contribution in [0.15, 0.2) is 0 Å². The third kappa shape index (κ3) is 3.02. The molecule has 0 spiro atoms. The Labute approximate surface area is 77.9 Å². The molecular formula is C7H12F2O3S. The molecule has 0 aromatic carbocycles. The molecule has 0 saturated carbocycles. The highest BCUT2D eigenvalue weighted by molar-refractivity contribution is 7.87. The van der Waals surface area contributed by atoms with Crippen molar-refractivity contribution >= 4 is 16.8 Å². The molecular weight excluding hydrogens is 202 g/mol. The summed E-state index contributed by atoms with van der Waals surface area (Å²) >= 11 is 0. The van der Waals surface area contributed by atoms with Gasteiger partial charge in [0.2, 0.25) is 0 Å². The molecule has 0 amide bonds. The summed E-state index contributed by atoms with van der Waals surface area (Å²) in [6.07, 6.45) is 0. The average molecular weight is 214 g/mol. The van der Waals surface area contributed by atoms with Gasteiger partial charge in [-0.15, -0.1) is 0 Å². The fourth-order valence-electron chi connectivity index (χ4n) is 0.593. The number of carbonyl (C=O) groups is 1. The maximum atomic E-state index is 12.9. The van der Waals surface area contributed by atoms with Gasteiger partial charge in [0.15, 0.2) is 0 Å². The van der Waals surface area contributed by atoms with E-state index in [1.54, 1.807) is 0 Å². The molecule has 0 unspecified atom stereocenters. The van der Waals surface area contributed by atoms with Gasteiger partial charge in [-0.25, -0.2) is 4.79 Å². The zero-order valence-corrected chi connectivity index (χ0v) is 8.49. The Morgan fingerprint density at radius 1 is 1.54 bits per heavy atom. The minimum absolute atomic E-state index is 0.149. The zero-order chi connectivity index (χ0) is 10.6. The monoisotopic (exact) mass is 214 g/mol. The second-order valence-electron chi connectivity index (χ2n) is 2.58. The second-order valence-corrected chi connectivity index (χ2v) is 4.63. The van der Waals surface area contributed by atoms with E-state index in [9.17, 15) is 17.8 Å². The first kappa shape index (κ1) is 12.5. The molecule has 1 atom stereocenters. The number of halogens is 2. The number of hydrogen-bond donors (Lipinski definition) is 0. The van der Waals surface area contributed by atoms with E-state index in [2.05, 4.69) is 4.74 Å². The van der Waals surface area contributed by atoms with Gasteiger partial charge in [0.25, 0.3) is 0 Å². The average Bonchev–Trinajstić information content (AvgIpc) is 2.03. The van der Waals surface area contributed by atoms with Gasteiger partial charge in [-0.2, -0.15) is 8.78 Å². The molecule has 78 valence electrons. The minimum Gasteiger partial charge on any atom is -0.461 e. The summed E-state index contributed by atoms with van der Waals surface area (Å²) in [4.78, 5) is 10.6. The van der Waals surface area contributed by atoms with Crippen molar-refractivity contribution in [2.45, 2.75) is 31.3 Å². The Bertz CT molecular complexity index is 216. The Hall–Kier alpha value is -0.520. The minimum atomic E-state index is -3.90. The first-order valence-corrected chi connectivity index (χ1v) is 5.01. The van der Waals surface area contributed by atoms with Crippen LogP contribution in [-0.2, 0) is 20.3 Å². The lowest BCUT2D eigenvalue weighted by molar-refractivity contribution is -0.159. The van der Waals surface area contributed by atoms with Crippen LogP contribution in [0.3, 0.4) is 0 Å². The van der Waals surface area contributed by atoms with Crippen molar-refractivity contribution < 1.29 is 22.5 Å². The fraction of sp³-hybridized carbons (Fsp3) is 0.857. The van der Waals surface area contributed by atoms with E-state index in [1.807, 2.05) is 0 Å². The molecule has 0 radical (unpaired) electrons. The maximum Gasteiger partial charge on any atom is 0.416 e. The summed E-state index contributed by atoms with van der Waals surface area (Å²) in [5.74, 6) is -1.72. The molecule has 0 aliphatic carbocycles. The molecule has 0 aromatic heterocycles. The first-order chi connectivity index (χ1) is 5.84. The SMILES string of the molecule is CCOC(=O)C(F)(F)[S@@](=O)C(C)C. The van der Waals surface area contributed by atoms with Crippen LogP contribution in [0.4, 0.5) is 8.78 Å². The second kappa shape index (κ2) is 4.64. The van der Waals surface area contributed by atoms with E-state index in [0.717, 1.165) is 0 Å². The van der Waals surface area contributed by atoms with Crippen LogP contribution in [0.25, 0.3) is 0 Å². The van der Waals surface area contributed by atoms with Gasteiger partial charge >= 0.3 is 11.2 Å². The molecule has 0 bridgehead atoms. The van der Waals surface area contributed by atoms with Crippen molar-refractivity contribution in [2.24, 2.45) is 0 Å². The quantitative estimate of drug-likeness (QED) is 0.662. The van der Waals surface area contributed by atoms with E-state index in [4.69, 9.17) is 0 Å². The molecule has 0 N–H and O–H groups in total. The third-order valence-electron chi connectivity index (χ3n) is 1.19. The Kier molecular flexibility index (Phi) is 4.46. The summed E-state index contributed by atoms with van der Waals surface area (Å²) in [7, 11) is -2.52. The molecule has 0 fully saturated rings. The van der Waals surface area contributed by atoms with Crippen molar-refractivity contribution in [1.82, 2.24) is 0 Å². The van der Waals surface area contributed by atoms with Crippen molar-refractivity contribution in [2.75, 3.05) is 6.61 Å². The zero-order valence-electron chi connectivity index (χ0n) is 7.67. The predicted octanol–water partition coefficient (Wildman–Crippen LogP) is 1.30. The van der Waals surface area contributed by atoms with Crippen molar-refractivity contribution in [1.29, 1.82) is 0 Å². The highest BCUT2D eigenvalue weighted by Crippen LogP contribution is 2.23. The maximum absolute atomic E-state index is 12.9. The molecule has 0 saturated heterocycles. The summed E-state index contributed by atoms with van der Waals surface area (Å²) in [6.45, 7) is 3.96. The summed E-state index contributed by atoms with van der Waals surface area (Å²) < 4.78 is 40.8. The van der Waals surface area contributed by atoms with Gasteiger partial charge in [0, 0.05) is 5.25 Å². The van der Waals surface area contributed by atoms with E-state index in [-0.39, 0.29) is 6.61 Å². The largest absolute Gasteiger partial charge is 0.461 e. The fourth-order valence-corrected chi connectivity index (χ4v) is 1.41. The summed E-state index contributed by atoms with van der Waals surface area (Å²) in [5.41, 5.74) is 0. The lowest BCUT2D eigenvalue weighted by Crippen LogP contribution is -2.38. The van der Waals surface area contributed by atoms with Gasteiger partial charge < -0.3 is 4.74 Å². The van der Waals surface area contributed by atoms with Crippen LogP contribution in [-0.4, -0.2) is 27.3 Å². The third-order valence-corrected chi connectivity index (χ3v) is 2.72.